The van der Waals surface area contributed by atoms with Gasteiger partial charge in [-0.25, -0.2) is 18.1 Å². The Bertz CT molecular complexity index is 1750. The summed E-state index contributed by atoms with van der Waals surface area (Å²) in [6.45, 7) is 9.22. The maximum absolute atomic E-state index is 14.3. The van der Waals surface area contributed by atoms with Crippen LogP contribution in [0.25, 0.3) is 0 Å². The van der Waals surface area contributed by atoms with Gasteiger partial charge in [-0.05, 0) is 49.6 Å². The molecule has 2 aromatic rings. The van der Waals surface area contributed by atoms with Crippen molar-refractivity contribution in [3.05, 3.63) is 52.0 Å². The number of nitrogens with zero attached hydrogens (tertiary/aromatic N) is 3. The van der Waals surface area contributed by atoms with Gasteiger partial charge < -0.3 is 15.0 Å². The Balaban J connectivity index is 1.52. The zero-order valence-electron chi connectivity index (χ0n) is 31.8. The molecule has 2 saturated heterocycles. The lowest BCUT2D eigenvalue weighted by Gasteiger charge is -2.41. The number of sulfonamides is 1. The number of halogens is 3. The van der Waals surface area contributed by atoms with E-state index in [4.69, 9.17) is 4.74 Å². The molecule has 1 aromatic carbocycles. The number of fused-ring (bicyclic) bond motifs is 1. The highest BCUT2D eigenvalue weighted by Gasteiger charge is 2.59. The van der Waals surface area contributed by atoms with Crippen LogP contribution in [-0.2, 0) is 35.6 Å². The number of carbonyl (C=O) groups excluding carboxylic acids is 4. The van der Waals surface area contributed by atoms with E-state index in [9.17, 15) is 40.8 Å². The molecule has 0 unspecified atom stereocenters. The second-order valence-corrected chi connectivity index (χ2v) is 17.8. The van der Waals surface area contributed by atoms with Gasteiger partial charge in [0.2, 0.25) is 5.91 Å². The van der Waals surface area contributed by atoms with Crippen LogP contribution in [0.5, 0.6) is 0 Å². The predicted molar refractivity (Wildman–Crippen MR) is 198 cm³/mol. The number of likely N-dealkylation sites (N-methyl/N-ethyl adjacent to an activating group) is 1. The number of aromatic nitrogens is 1. The maximum atomic E-state index is 14.3. The number of alkyl halides is 3. The number of Topliss-reactive ketones (excluding diaryl/α,β-unsaturated/α-hetero) is 1. The number of rotatable bonds is 19. The number of hydrogen-bond acceptors (Lipinski definition) is 10. The molecule has 300 valence electrons. The van der Waals surface area contributed by atoms with Crippen molar-refractivity contribution in [1.29, 1.82) is 0 Å². The molecule has 2 aliphatic heterocycles. The van der Waals surface area contributed by atoms with E-state index < -0.39 is 63.6 Å². The van der Waals surface area contributed by atoms with Crippen LogP contribution in [0.3, 0.4) is 0 Å². The zero-order valence-corrected chi connectivity index (χ0v) is 33.4. The number of ketones is 1. The predicted octanol–water partition coefficient (Wildman–Crippen LogP) is 5.12. The van der Waals surface area contributed by atoms with Gasteiger partial charge in [-0.1, -0.05) is 64.4 Å². The van der Waals surface area contributed by atoms with E-state index in [0.29, 0.717) is 17.9 Å². The first kappa shape index (κ1) is 43.3. The van der Waals surface area contributed by atoms with Gasteiger partial charge in [0.15, 0.2) is 11.9 Å². The molecule has 17 heteroatoms. The molecule has 1 aromatic heterocycles. The van der Waals surface area contributed by atoms with Gasteiger partial charge in [-0.3, -0.25) is 24.1 Å². The third kappa shape index (κ3) is 10.1. The summed E-state index contributed by atoms with van der Waals surface area (Å²) in [4.78, 5) is 61.9. The van der Waals surface area contributed by atoms with E-state index in [0.717, 1.165) is 30.7 Å². The molecule has 3 heterocycles. The third-order valence-electron chi connectivity index (χ3n) is 11.0. The monoisotopic (exact) mass is 799 g/mol. The number of benzene rings is 1. The number of esters is 1. The number of nitrogens with one attached hydrogen (secondary N) is 2. The van der Waals surface area contributed by atoms with E-state index in [2.05, 4.69) is 15.2 Å². The van der Waals surface area contributed by atoms with E-state index >= 15 is 0 Å². The van der Waals surface area contributed by atoms with Crippen LogP contribution < -0.4 is 10.0 Å². The van der Waals surface area contributed by atoms with Gasteiger partial charge in [-0.2, -0.15) is 13.2 Å². The van der Waals surface area contributed by atoms with Crippen LogP contribution in [0.15, 0.2) is 35.7 Å². The van der Waals surface area contributed by atoms with Gasteiger partial charge in [0.05, 0.1) is 5.54 Å². The SMILES string of the molecule is CC[C@H](C)[C@H](CC(=O)C12CC(CN1C)C2)C(=O)N(C)[C@H](C[C@@H](OC(C)=O)c1nc(C(=O)N[C@H](CNS(=O)(=O)C(F)(F)F)Cc2ccccc2)cs1)C(C)C. The van der Waals surface area contributed by atoms with Crippen molar-refractivity contribution in [3.63, 3.8) is 0 Å². The average Bonchev–Trinajstić information content (AvgIpc) is 3.80. The molecule has 5 rings (SSSR count). The van der Waals surface area contributed by atoms with Crippen molar-refractivity contribution < 1.29 is 45.5 Å². The first-order valence-corrected chi connectivity index (χ1v) is 20.6. The molecule has 0 spiro atoms. The van der Waals surface area contributed by atoms with Crippen molar-refractivity contribution in [2.75, 3.05) is 27.2 Å². The number of hydrogen-bond donors (Lipinski definition) is 2. The number of ether oxygens (including phenoxy) is 1. The van der Waals surface area contributed by atoms with Gasteiger partial charge in [-0.15, -0.1) is 11.3 Å². The van der Waals surface area contributed by atoms with E-state index in [1.807, 2.05) is 34.7 Å². The normalized spacial score (nSPS) is 21.4. The Morgan fingerprint density at radius 1 is 1.13 bits per heavy atom. The largest absolute Gasteiger partial charge is 0.511 e. The molecular formula is C37H52F3N5O7S2. The molecule has 0 radical (unpaired) electrons. The summed E-state index contributed by atoms with van der Waals surface area (Å²) in [7, 11) is -2.01. The van der Waals surface area contributed by atoms with Gasteiger partial charge in [0, 0.05) is 63.3 Å². The van der Waals surface area contributed by atoms with E-state index in [1.54, 1.807) is 42.3 Å². The fourth-order valence-electron chi connectivity index (χ4n) is 7.63. The Labute approximate surface area is 319 Å². The second kappa shape index (κ2) is 17.6. The smallest absolute Gasteiger partial charge is 0.455 e. The Morgan fingerprint density at radius 3 is 2.31 bits per heavy atom. The Morgan fingerprint density at radius 2 is 1.78 bits per heavy atom. The number of thiazole rings is 1. The van der Waals surface area contributed by atoms with Gasteiger partial charge in [0.1, 0.15) is 10.7 Å². The van der Waals surface area contributed by atoms with Crippen LogP contribution >= 0.6 is 11.3 Å². The molecule has 1 aliphatic carbocycles. The zero-order chi connectivity index (χ0) is 40.2. The second-order valence-electron chi connectivity index (χ2n) is 15.1. The lowest BCUT2D eigenvalue weighted by Crippen LogP contribution is -2.53. The van der Waals surface area contributed by atoms with Crippen molar-refractivity contribution in [2.24, 2.45) is 23.7 Å². The highest BCUT2D eigenvalue weighted by atomic mass is 32.2. The highest BCUT2D eigenvalue weighted by Crippen LogP contribution is 2.51. The van der Waals surface area contributed by atoms with Crippen molar-refractivity contribution in [3.8, 4) is 0 Å². The summed E-state index contributed by atoms with van der Waals surface area (Å²) in [5.74, 6) is -1.64. The maximum Gasteiger partial charge on any atom is 0.511 e. The van der Waals surface area contributed by atoms with Gasteiger partial charge >= 0.3 is 21.5 Å². The fourth-order valence-corrected chi connectivity index (χ4v) is 9.05. The van der Waals surface area contributed by atoms with Crippen LogP contribution in [0.1, 0.15) is 93.9 Å². The molecule has 3 fully saturated rings. The third-order valence-corrected chi connectivity index (χ3v) is 13.1. The lowest BCUT2D eigenvalue weighted by atomic mass is 9.68. The molecule has 1 saturated carbocycles. The Kier molecular flexibility index (Phi) is 14.1. The minimum Gasteiger partial charge on any atom is -0.455 e. The molecule has 2 amide bonds. The van der Waals surface area contributed by atoms with Crippen LogP contribution in [0, 0.1) is 23.7 Å². The fraction of sp³-hybridized carbons (Fsp3) is 0.649. The summed E-state index contributed by atoms with van der Waals surface area (Å²) in [6, 6.07) is 6.98. The molecule has 12 nitrogen and oxygen atoms in total. The topological polar surface area (TPSA) is 155 Å². The molecule has 54 heavy (non-hydrogen) atoms. The first-order valence-electron chi connectivity index (χ1n) is 18.2. The van der Waals surface area contributed by atoms with Crippen molar-refractivity contribution >= 4 is 44.9 Å². The van der Waals surface area contributed by atoms with Gasteiger partial charge in [0.25, 0.3) is 5.91 Å². The standard InChI is InChI=1S/C37H52F3N5O7S2/c1-8-23(4)28(15-32(47)36-17-26(18-36)20-44(36)6)35(49)45(7)30(22(2)3)16-31(52-24(5)46)34-43-29(21-53-34)33(48)42-27(14-25-12-10-9-11-13-25)19-41-54(50,51)37(38,39)40/h9-13,21-23,26-28,30-31,41H,8,14-20H2,1-7H3,(H,42,48)/t23-,26?,27-,28-,30+,31+,36?/m0/s1. The average molecular weight is 800 g/mol. The molecule has 2 N–H and O–H groups in total. The minimum atomic E-state index is -5.67. The van der Waals surface area contributed by atoms with Crippen LogP contribution in [0.2, 0.25) is 0 Å². The van der Waals surface area contributed by atoms with E-state index in [-0.39, 0.29) is 53.5 Å². The van der Waals surface area contributed by atoms with E-state index in [1.165, 1.54) is 17.0 Å². The molecule has 2 bridgehead atoms. The molecular weight excluding hydrogens is 748 g/mol. The van der Waals surface area contributed by atoms with Crippen LogP contribution in [0.4, 0.5) is 13.2 Å². The summed E-state index contributed by atoms with van der Waals surface area (Å²) < 4.78 is 69.8. The minimum absolute atomic E-state index is 0.0118. The number of carbonyl (C=O) groups is 4. The number of amides is 2. The highest BCUT2D eigenvalue weighted by molar-refractivity contribution is 7.90. The lowest BCUT2D eigenvalue weighted by molar-refractivity contribution is -0.150. The summed E-state index contributed by atoms with van der Waals surface area (Å²) in [5, 5.41) is 4.25. The Hall–Kier alpha value is -3.41. The van der Waals surface area contributed by atoms with Crippen LogP contribution in [-0.4, -0.2) is 97.1 Å². The first-order chi connectivity index (χ1) is 25.2. The summed E-state index contributed by atoms with van der Waals surface area (Å²) in [6.07, 6.45) is 1.69. The quantitative estimate of drug-likeness (QED) is 0.185. The summed E-state index contributed by atoms with van der Waals surface area (Å²) >= 11 is 1.03. The molecule has 5 atom stereocenters. The van der Waals surface area contributed by atoms with Crippen molar-refractivity contribution in [2.45, 2.75) is 102 Å². The summed E-state index contributed by atoms with van der Waals surface area (Å²) in [5.41, 5.74) is -5.49. The van der Waals surface area contributed by atoms with Crippen molar-refractivity contribution in [1.82, 2.24) is 24.8 Å². The molecule has 3 aliphatic rings.